The minimum atomic E-state index is 0.147. The fraction of sp³-hybridized carbons (Fsp3) is 0.438. The van der Waals surface area contributed by atoms with Gasteiger partial charge in [0.2, 0.25) is 5.91 Å². The highest BCUT2D eigenvalue weighted by atomic mass is 32.2. The molecule has 0 N–H and O–H groups in total. The first-order chi connectivity index (χ1) is 9.22. The number of carbonyl (C=O) groups is 1. The topological polar surface area (TPSA) is 20.3 Å². The van der Waals surface area contributed by atoms with E-state index in [1.54, 1.807) is 6.08 Å². The summed E-state index contributed by atoms with van der Waals surface area (Å²) in [5, 5.41) is 0.518. The average Bonchev–Trinajstić information content (AvgIpc) is 2.65. The number of carbonyl (C=O) groups excluding carboxylic acids is 1. The molecule has 0 spiro atoms. The Morgan fingerprint density at radius 1 is 1.37 bits per heavy atom. The van der Waals surface area contributed by atoms with Crippen molar-refractivity contribution in [1.29, 1.82) is 0 Å². The molecule has 2 rings (SSSR count). The maximum Gasteiger partial charge on any atom is 0.246 e. The van der Waals surface area contributed by atoms with Crippen molar-refractivity contribution in [3.63, 3.8) is 0 Å². The Hall–Kier alpha value is -1.22. The summed E-state index contributed by atoms with van der Waals surface area (Å²) >= 11 is 1.97. The zero-order valence-electron chi connectivity index (χ0n) is 11.6. The molecule has 0 radical (unpaired) electrons. The fourth-order valence-corrected chi connectivity index (χ4v) is 3.76. The Morgan fingerprint density at radius 2 is 2.16 bits per heavy atom. The van der Waals surface area contributed by atoms with Crippen LogP contribution in [0.5, 0.6) is 0 Å². The van der Waals surface area contributed by atoms with E-state index in [2.05, 4.69) is 31.2 Å². The van der Waals surface area contributed by atoms with Gasteiger partial charge in [0.15, 0.2) is 0 Å². The molecule has 0 bridgehead atoms. The van der Waals surface area contributed by atoms with Crippen LogP contribution in [0.15, 0.2) is 36.4 Å². The van der Waals surface area contributed by atoms with E-state index in [9.17, 15) is 4.79 Å². The van der Waals surface area contributed by atoms with Crippen LogP contribution < -0.4 is 0 Å². The molecular formula is C16H21NOS. The van der Waals surface area contributed by atoms with Crippen molar-refractivity contribution in [2.24, 2.45) is 0 Å². The van der Waals surface area contributed by atoms with Crippen molar-refractivity contribution in [3.05, 3.63) is 47.5 Å². The minimum Gasteiger partial charge on any atom is -0.338 e. The summed E-state index contributed by atoms with van der Waals surface area (Å²) in [6.07, 6.45) is 4.52. The maximum atomic E-state index is 11.9. The van der Waals surface area contributed by atoms with E-state index in [4.69, 9.17) is 0 Å². The van der Waals surface area contributed by atoms with Gasteiger partial charge in [0, 0.05) is 24.1 Å². The standard InChI is InChI=1S/C16H21NOS/c1-3-6-16(18)17-10-9-15(19-12-11-17)14-8-5-4-7-13(14)2/h3-8,15H,9-12H2,1-2H3/b6-3+. The van der Waals surface area contributed by atoms with Gasteiger partial charge in [0.05, 0.1) is 0 Å². The third-order valence-electron chi connectivity index (χ3n) is 3.50. The third-order valence-corrected chi connectivity index (χ3v) is 4.81. The zero-order valence-corrected chi connectivity index (χ0v) is 12.5. The smallest absolute Gasteiger partial charge is 0.246 e. The van der Waals surface area contributed by atoms with E-state index < -0.39 is 0 Å². The lowest BCUT2D eigenvalue weighted by Gasteiger charge is -2.19. The number of benzene rings is 1. The molecule has 1 saturated heterocycles. The van der Waals surface area contributed by atoms with Crippen molar-refractivity contribution < 1.29 is 4.79 Å². The second-order valence-corrected chi connectivity index (χ2v) is 6.14. The van der Waals surface area contributed by atoms with Gasteiger partial charge >= 0.3 is 0 Å². The van der Waals surface area contributed by atoms with E-state index in [-0.39, 0.29) is 5.91 Å². The molecule has 1 fully saturated rings. The van der Waals surface area contributed by atoms with Crippen LogP contribution in [0.3, 0.4) is 0 Å². The predicted octanol–water partition coefficient (Wildman–Crippen LogP) is 3.58. The van der Waals surface area contributed by atoms with Crippen molar-refractivity contribution >= 4 is 17.7 Å². The molecule has 1 aromatic carbocycles. The minimum absolute atomic E-state index is 0.147. The average molecular weight is 275 g/mol. The van der Waals surface area contributed by atoms with E-state index in [0.29, 0.717) is 5.25 Å². The molecule has 1 aliphatic rings. The number of aryl methyl sites for hydroxylation is 1. The highest BCUT2D eigenvalue weighted by molar-refractivity contribution is 7.99. The van der Waals surface area contributed by atoms with Crippen LogP contribution in [0.2, 0.25) is 0 Å². The summed E-state index contributed by atoms with van der Waals surface area (Å²) in [7, 11) is 0. The normalized spacial score (nSPS) is 20.5. The number of nitrogens with zero attached hydrogens (tertiary/aromatic N) is 1. The number of amides is 1. The van der Waals surface area contributed by atoms with Gasteiger partial charge in [-0.15, -0.1) is 0 Å². The van der Waals surface area contributed by atoms with Crippen LogP contribution >= 0.6 is 11.8 Å². The maximum absolute atomic E-state index is 11.9. The first kappa shape index (κ1) is 14.2. The second-order valence-electron chi connectivity index (χ2n) is 4.83. The van der Waals surface area contributed by atoms with E-state index >= 15 is 0 Å². The summed E-state index contributed by atoms with van der Waals surface area (Å²) in [5.41, 5.74) is 2.78. The Kier molecular flexibility index (Phi) is 5.08. The van der Waals surface area contributed by atoms with Crippen LogP contribution in [0.1, 0.15) is 29.7 Å². The fourth-order valence-electron chi connectivity index (χ4n) is 2.44. The number of rotatable bonds is 2. The summed E-state index contributed by atoms with van der Waals surface area (Å²) in [5.74, 6) is 1.16. The van der Waals surface area contributed by atoms with E-state index in [1.807, 2.05) is 29.7 Å². The summed E-state index contributed by atoms with van der Waals surface area (Å²) < 4.78 is 0. The van der Waals surface area contributed by atoms with Crippen molar-refractivity contribution in [3.8, 4) is 0 Å². The molecule has 102 valence electrons. The summed E-state index contributed by atoms with van der Waals surface area (Å²) in [6.45, 7) is 5.77. The predicted molar refractivity (Wildman–Crippen MR) is 82.4 cm³/mol. The largest absolute Gasteiger partial charge is 0.338 e. The number of thioether (sulfide) groups is 1. The van der Waals surface area contributed by atoms with Gasteiger partial charge in [-0.25, -0.2) is 0 Å². The molecular weight excluding hydrogens is 254 g/mol. The SMILES string of the molecule is C/C=C/C(=O)N1CCSC(c2ccccc2C)CC1. The molecule has 3 heteroatoms. The van der Waals surface area contributed by atoms with Crippen LogP contribution in [0, 0.1) is 6.92 Å². The van der Waals surface area contributed by atoms with Crippen molar-refractivity contribution in [2.75, 3.05) is 18.8 Å². The van der Waals surface area contributed by atoms with Gasteiger partial charge in [-0.05, 0) is 37.5 Å². The van der Waals surface area contributed by atoms with Gasteiger partial charge in [0.1, 0.15) is 0 Å². The van der Waals surface area contributed by atoms with Gasteiger partial charge in [-0.2, -0.15) is 11.8 Å². The second kappa shape index (κ2) is 6.80. The quantitative estimate of drug-likeness (QED) is 0.769. The Balaban J connectivity index is 2.05. The highest BCUT2D eigenvalue weighted by Gasteiger charge is 2.21. The molecule has 1 aromatic rings. The van der Waals surface area contributed by atoms with Crippen molar-refractivity contribution in [2.45, 2.75) is 25.5 Å². The lowest BCUT2D eigenvalue weighted by Crippen LogP contribution is -2.31. The van der Waals surface area contributed by atoms with Crippen LogP contribution in [-0.2, 0) is 4.79 Å². The van der Waals surface area contributed by atoms with Gasteiger partial charge in [-0.3, -0.25) is 4.79 Å². The zero-order chi connectivity index (χ0) is 13.7. The first-order valence-electron chi connectivity index (χ1n) is 6.81. The van der Waals surface area contributed by atoms with Crippen LogP contribution in [-0.4, -0.2) is 29.6 Å². The van der Waals surface area contributed by atoms with Crippen LogP contribution in [0.25, 0.3) is 0 Å². The molecule has 1 unspecified atom stereocenters. The molecule has 1 amide bonds. The molecule has 1 heterocycles. The monoisotopic (exact) mass is 275 g/mol. The molecule has 1 aliphatic heterocycles. The molecule has 1 atom stereocenters. The lowest BCUT2D eigenvalue weighted by molar-refractivity contribution is -0.125. The molecule has 0 aliphatic carbocycles. The van der Waals surface area contributed by atoms with Gasteiger partial charge in [0.25, 0.3) is 0 Å². The van der Waals surface area contributed by atoms with Gasteiger partial charge < -0.3 is 4.90 Å². The molecule has 2 nitrogen and oxygen atoms in total. The highest BCUT2D eigenvalue weighted by Crippen LogP contribution is 2.35. The third kappa shape index (κ3) is 3.63. The lowest BCUT2D eigenvalue weighted by atomic mass is 10.0. The van der Waals surface area contributed by atoms with Gasteiger partial charge in [-0.1, -0.05) is 30.3 Å². The summed E-state index contributed by atoms with van der Waals surface area (Å²) in [6, 6.07) is 8.58. The number of hydrogen-bond acceptors (Lipinski definition) is 2. The van der Waals surface area contributed by atoms with Crippen LogP contribution in [0.4, 0.5) is 0 Å². The van der Waals surface area contributed by atoms with Crippen molar-refractivity contribution in [1.82, 2.24) is 4.90 Å². The van der Waals surface area contributed by atoms with E-state index in [1.165, 1.54) is 11.1 Å². The van der Waals surface area contributed by atoms with E-state index in [0.717, 1.165) is 25.3 Å². The molecule has 0 aromatic heterocycles. The summed E-state index contributed by atoms with van der Waals surface area (Å²) in [4.78, 5) is 13.9. The number of hydrogen-bond donors (Lipinski definition) is 0. The Bertz CT molecular complexity index is 470. The number of allylic oxidation sites excluding steroid dienone is 1. The first-order valence-corrected chi connectivity index (χ1v) is 7.86. The molecule has 0 saturated carbocycles. The Labute approximate surface area is 119 Å². The molecule has 19 heavy (non-hydrogen) atoms. The Morgan fingerprint density at radius 3 is 2.89 bits per heavy atom.